The Hall–Kier alpha value is -2.06. The van der Waals surface area contributed by atoms with E-state index in [0.29, 0.717) is 10.8 Å². The molecule has 2 aromatic heterocycles. The maximum absolute atomic E-state index is 12.8. The molecule has 0 atom stereocenters. The van der Waals surface area contributed by atoms with E-state index >= 15 is 0 Å². The second-order valence-corrected chi connectivity index (χ2v) is 8.16. The Balaban J connectivity index is 1.70. The summed E-state index contributed by atoms with van der Waals surface area (Å²) in [7, 11) is 0. The summed E-state index contributed by atoms with van der Waals surface area (Å²) in [6.45, 7) is 2.02. The third kappa shape index (κ3) is 3.31. The molecule has 0 fully saturated rings. The first-order valence-corrected chi connectivity index (χ1v) is 10.3. The highest BCUT2D eigenvalue weighted by Crippen LogP contribution is 2.28. The van der Waals surface area contributed by atoms with Crippen LogP contribution >= 0.6 is 27.3 Å². The lowest BCUT2D eigenvalue weighted by Gasteiger charge is -2.14. The molecule has 4 rings (SSSR count). The van der Waals surface area contributed by atoms with Crippen molar-refractivity contribution >= 4 is 38.3 Å². The first-order chi connectivity index (χ1) is 12.7. The molecule has 0 radical (unpaired) electrons. The highest BCUT2D eigenvalue weighted by atomic mass is 79.9. The Morgan fingerprint density at radius 3 is 2.92 bits per heavy atom. The van der Waals surface area contributed by atoms with Gasteiger partial charge < -0.3 is 0 Å². The van der Waals surface area contributed by atoms with Gasteiger partial charge in [-0.1, -0.05) is 40.3 Å². The van der Waals surface area contributed by atoms with Crippen molar-refractivity contribution in [1.29, 1.82) is 0 Å². The standard InChI is InChI=1S/C18H18BrN5OS/c1-2-15-21-22-18(26-15)20-17(25)16-13-8-3-4-9-14(13)24(23-16)12-7-5-6-11(19)10-12/h5-7,10H,2-4,8-9H2,1H3,(H,20,22,25). The molecule has 0 saturated heterocycles. The molecule has 134 valence electrons. The number of fused-ring (bicyclic) bond motifs is 1. The first kappa shape index (κ1) is 17.4. The summed E-state index contributed by atoms with van der Waals surface area (Å²) in [5, 5.41) is 17.0. The van der Waals surface area contributed by atoms with E-state index < -0.39 is 0 Å². The van der Waals surface area contributed by atoms with Gasteiger partial charge in [-0.2, -0.15) is 5.10 Å². The van der Waals surface area contributed by atoms with Gasteiger partial charge in [0.25, 0.3) is 5.91 Å². The minimum absolute atomic E-state index is 0.212. The van der Waals surface area contributed by atoms with Gasteiger partial charge in [0.2, 0.25) is 5.13 Å². The van der Waals surface area contributed by atoms with Gasteiger partial charge in [0, 0.05) is 15.7 Å². The summed E-state index contributed by atoms with van der Waals surface area (Å²) in [5.41, 5.74) is 3.63. The second-order valence-electron chi connectivity index (χ2n) is 6.18. The largest absolute Gasteiger partial charge is 0.295 e. The zero-order valence-electron chi connectivity index (χ0n) is 14.3. The number of rotatable bonds is 4. The Morgan fingerprint density at radius 2 is 2.15 bits per heavy atom. The molecule has 26 heavy (non-hydrogen) atoms. The zero-order valence-corrected chi connectivity index (χ0v) is 16.7. The van der Waals surface area contributed by atoms with E-state index in [0.717, 1.165) is 58.5 Å². The average Bonchev–Trinajstić information content (AvgIpc) is 3.26. The maximum Gasteiger partial charge on any atom is 0.278 e. The van der Waals surface area contributed by atoms with Gasteiger partial charge in [-0.05, 0) is 50.3 Å². The molecule has 0 bridgehead atoms. The minimum atomic E-state index is -0.212. The van der Waals surface area contributed by atoms with Crippen LogP contribution in [0, 0.1) is 0 Å². The van der Waals surface area contributed by atoms with Gasteiger partial charge in [0.1, 0.15) is 5.01 Å². The molecule has 6 nitrogen and oxygen atoms in total. The van der Waals surface area contributed by atoms with Crippen molar-refractivity contribution in [2.24, 2.45) is 0 Å². The average molecular weight is 432 g/mol. The number of amides is 1. The van der Waals surface area contributed by atoms with Crippen molar-refractivity contribution in [2.45, 2.75) is 39.0 Å². The first-order valence-electron chi connectivity index (χ1n) is 8.66. The quantitative estimate of drug-likeness (QED) is 0.672. The molecular formula is C18H18BrN5OS. The fourth-order valence-electron chi connectivity index (χ4n) is 3.21. The van der Waals surface area contributed by atoms with Crippen molar-refractivity contribution < 1.29 is 4.79 Å². The van der Waals surface area contributed by atoms with Crippen molar-refractivity contribution in [3.8, 4) is 5.69 Å². The fourth-order valence-corrected chi connectivity index (χ4v) is 4.27. The van der Waals surface area contributed by atoms with Crippen LogP contribution in [0.1, 0.15) is 46.5 Å². The lowest BCUT2D eigenvalue weighted by atomic mass is 9.95. The van der Waals surface area contributed by atoms with Gasteiger partial charge in [-0.25, -0.2) is 4.68 Å². The normalized spacial score (nSPS) is 13.5. The minimum Gasteiger partial charge on any atom is -0.295 e. The molecule has 1 amide bonds. The predicted molar refractivity (Wildman–Crippen MR) is 105 cm³/mol. The van der Waals surface area contributed by atoms with Crippen molar-refractivity contribution in [3.63, 3.8) is 0 Å². The topological polar surface area (TPSA) is 72.7 Å². The Kier molecular flexibility index (Phi) is 4.86. The van der Waals surface area contributed by atoms with Gasteiger partial charge in [-0.3, -0.25) is 10.1 Å². The molecule has 0 saturated carbocycles. The van der Waals surface area contributed by atoms with E-state index in [9.17, 15) is 4.79 Å². The van der Waals surface area contributed by atoms with Crippen LogP contribution in [0.4, 0.5) is 5.13 Å². The molecule has 0 unspecified atom stereocenters. The Bertz CT molecular complexity index is 964. The number of hydrogen-bond donors (Lipinski definition) is 1. The third-order valence-electron chi connectivity index (χ3n) is 4.44. The molecule has 2 heterocycles. The van der Waals surface area contributed by atoms with E-state index in [1.807, 2.05) is 35.9 Å². The van der Waals surface area contributed by atoms with E-state index in [1.54, 1.807) is 0 Å². The van der Waals surface area contributed by atoms with Crippen LogP contribution in [0.3, 0.4) is 0 Å². The third-order valence-corrected chi connectivity index (χ3v) is 5.91. The number of anilines is 1. The summed E-state index contributed by atoms with van der Waals surface area (Å²) in [5.74, 6) is -0.212. The predicted octanol–water partition coefficient (Wildman–Crippen LogP) is 4.18. The van der Waals surface area contributed by atoms with Crippen LogP contribution in [0.2, 0.25) is 0 Å². The summed E-state index contributed by atoms with van der Waals surface area (Å²) in [4.78, 5) is 12.8. The van der Waals surface area contributed by atoms with Crippen molar-refractivity contribution in [2.75, 3.05) is 5.32 Å². The smallest absolute Gasteiger partial charge is 0.278 e. The number of aryl methyl sites for hydroxylation is 1. The van der Waals surface area contributed by atoms with Crippen LogP contribution in [0.15, 0.2) is 28.7 Å². The van der Waals surface area contributed by atoms with Gasteiger partial charge >= 0.3 is 0 Å². The molecule has 3 aromatic rings. The number of hydrogen-bond acceptors (Lipinski definition) is 5. The van der Waals surface area contributed by atoms with E-state index in [2.05, 4.69) is 36.5 Å². The van der Waals surface area contributed by atoms with Crippen LogP contribution in [0.5, 0.6) is 0 Å². The SMILES string of the molecule is CCc1nnc(NC(=O)c2nn(-c3cccc(Br)c3)c3c2CCCC3)s1. The lowest BCUT2D eigenvalue weighted by Crippen LogP contribution is -2.15. The van der Waals surface area contributed by atoms with Gasteiger partial charge in [0.15, 0.2) is 5.69 Å². The Labute approximate surface area is 163 Å². The monoisotopic (exact) mass is 431 g/mol. The van der Waals surface area contributed by atoms with E-state index in [4.69, 9.17) is 0 Å². The van der Waals surface area contributed by atoms with E-state index in [1.165, 1.54) is 11.3 Å². The molecule has 8 heteroatoms. The van der Waals surface area contributed by atoms with Crippen LogP contribution < -0.4 is 5.32 Å². The number of aromatic nitrogens is 4. The summed E-state index contributed by atoms with van der Waals surface area (Å²) in [6, 6.07) is 7.98. The van der Waals surface area contributed by atoms with Crippen molar-refractivity contribution in [1.82, 2.24) is 20.0 Å². The summed E-state index contributed by atoms with van der Waals surface area (Å²) in [6.07, 6.45) is 4.81. The van der Waals surface area contributed by atoms with Crippen LogP contribution in [-0.4, -0.2) is 25.9 Å². The maximum atomic E-state index is 12.8. The summed E-state index contributed by atoms with van der Waals surface area (Å²) < 4.78 is 2.90. The molecule has 1 aliphatic carbocycles. The van der Waals surface area contributed by atoms with Gasteiger partial charge in [0.05, 0.1) is 5.69 Å². The van der Waals surface area contributed by atoms with Crippen LogP contribution in [-0.2, 0) is 19.3 Å². The number of carbonyl (C=O) groups excluding carboxylic acids is 1. The molecule has 0 aliphatic heterocycles. The Morgan fingerprint density at radius 1 is 1.31 bits per heavy atom. The highest BCUT2D eigenvalue weighted by molar-refractivity contribution is 9.10. The lowest BCUT2D eigenvalue weighted by molar-refractivity contribution is 0.102. The second kappa shape index (κ2) is 7.28. The van der Waals surface area contributed by atoms with Gasteiger partial charge in [-0.15, -0.1) is 10.2 Å². The number of carbonyl (C=O) groups is 1. The van der Waals surface area contributed by atoms with Crippen molar-refractivity contribution in [3.05, 3.63) is 50.7 Å². The zero-order chi connectivity index (χ0) is 18.1. The molecule has 1 aliphatic rings. The molecular weight excluding hydrogens is 414 g/mol. The van der Waals surface area contributed by atoms with E-state index in [-0.39, 0.29) is 5.91 Å². The number of nitrogens with zero attached hydrogens (tertiary/aromatic N) is 4. The molecule has 1 N–H and O–H groups in total. The van der Waals surface area contributed by atoms with Crippen LogP contribution in [0.25, 0.3) is 5.69 Å². The number of benzene rings is 1. The summed E-state index contributed by atoms with van der Waals surface area (Å²) >= 11 is 4.91. The fraction of sp³-hybridized carbons (Fsp3) is 0.333. The number of halogens is 1. The highest BCUT2D eigenvalue weighted by Gasteiger charge is 2.26. The molecule has 1 aromatic carbocycles. The number of nitrogens with one attached hydrogen (secondary N) is 1. The molecule has 0 spiro atoms.